The van der Waals surface area contributed by atoms with E-state index in [-0.39, 0.29) is 16.2 Å². The Hall–Kier alpha value is -0.680. The molecule has 0 aromatic carbocycles. The minimum absolute atomic E-state index is 0.166. The van der Waals surface area contributed by atoms with Gasteiger partial charge in [0.2, 0.25) is 0 Å². The van der Waals surface area contributed by atoms with Crippen molar-refractivity contribution in [3.63, 3.8) is 0 Å². The number of allylic oxidation sites excluding steroid dienone is 4. The van der Waals surface area contributed by atoms with E-state index in [1.165, 1.54) is 38.5 Å². The van der Waals surface area contributed by atoms with Crippen LogP contribution in [0.2, 0.25) is 0 Å². The number of hydrogen-bond acceptors (Lipinski definition) is 4. The van der Waals surface area contributed by atoms with Crippen molar-refractivity contribution in [3.8, 4) is 0 Å². The predicted molar refractivity (Wildman–Crippen MR) is 162 cm³/mol. The molecule has 0 spiro atoms. The van der Waals surface area contributed by atoms with E-state index in [2.05, 4.69) is 79.7 Å². The smallest absolute Gasteiger partial charge is 0.108 e. The number of fused-ring (bicyclic) bond motifs is 7. The maximum absolute atomic E-state index is 10.4. The summed E-state index contributed by atoms with van der Waals surface area (Å²) in [5.74, 6) is 4.31. The highest BCUT2D eigenvalue weighted by molar-refractivity contribution is 5.33. The molecule has 14 atom stereocenters. The van der Waals surface area contributed by atoms with Crippen molar-refractivity contribution in [3.05, 3.63) is 24.3 Å². The van der Waals surface area contributed by atoms with E-state index in [0.29, 0.717) is 52.8 Å². The van der Waals surface area contributed by atoms with Gasteiger partial charge in [0, 0.05) is 0 Å². The Morgan fingerprint density at radius 1 is 0.750 bits per heavy atom. The van der Waals surface area contributed by atoms with Crippen LogP contribution in [0.1, 0.15) is 107 Å². The van der Waals surface area contributed by atoms with Crippen LogP contribution in [-0.4, -0.2) is 45.3 Å². The van der Waals surface area contributed by atoms with Gasteiger partial charge in [-0.05, 0) is 120 Å². The lowest BCUT2D eigenvalue weighted by Crippen LogP contribution is -2.63. The zero-order chi connectivity index (χ0) is 29.5. The van der Waals surface area contributed by atoms with Crippen LogP contribution in [0.5, 0.6) is 0 Å². The van der Waals surface area contributed by atoms with E-state index < -0.39 is 24.9 Å². The molecule has 5 rings (SSSR count). The third-order valence-electron chi connectivity index (χ3n) is 15.0. The molecule has 4 heteroatoms. The zero-order valence-electron chi connectivity index (χ0n) is 26.7. The fourth-order valence-electron chi connectivity index (χ4n) is 11.8. The van der Waals surface area contributed by atoms with Crippen molar-refractivity contribution >= 4 is 0 Å². The van der Waals surface area contributed by atoms with Crippen LogP contribution in [0.4, 0.5) is 0 Å². The Morgan fingerprint density at radius 3 is 2.08 bits per heavy atom. The first-order chi connectivity index (χ1) is 18.6. The number of hydrogen-bond donors (Lipinski definition) is 4. The SMILES string of the molecule is CC(CCC(O)C(O)C(O)CO)C1CCC2(C)C1CCC1(C)C2C=CC2C3(C)CCC(C)C(C)(C)C3C=CC21C. The molecule has 0 bridgehead atoms. The second-order valence-electron chi connectivity index (χ2n) is 16.9. The monoisotopic (exact) mass is 556 g/mol. The molecule has 0 amide bonds. The average Bonchev–Trinajstić information content (AvgIpc) is 3.26. The third-order valence-corrected chi connectivity index (χ3v) is 15.0. The molecule has 3 saturated carbocycles. The molecule has 0 aromatic heterocycles. The lowest BCUT2D eigenvalue weighted by atomic mass is 9.34. The average molecular weight is 557 g/mol. The highest BCUT2D eigenvalue weighted by Gasteiger charge is 2.68. The molecule has 5 aliphatic carbocycles. The van der Waals surface area contributed by atoms with Crippen molar-refractivity contribution < 1.29 is 20.4 Å². The minimum atomic E-state index is -1.29. The normalized spacial score (nSPS) is 50.2. The molecule has 5 aliphatic rings. The standard InChI is InChI=1S/C36H60O4/c1-22(9-10-26(38)31(40)27(39)21-37)24-14-18-33(5)25(24)15-19-35(7)29(33)11-12-30-34(6)17-13-23(2)32(3,4)28(34)16-20-36(30,35)8/h11-12,16,20,22-31,37-40H,9-10,13-15,17-19,21H2,1-8H3. The maximum atomic E-state index is 10.4. The fourth-order valence-corrected chi connectivity index (χ4v) is 11.8. The second-order valence-corrected chi connectivity index (χ2v) is 16.9. The Labute approximate surface area is 244 Å². The van der Waals surface area contributed by atoms with Crippen molar-refractivity contribution in [1.82, 2.24) is 0 Å². The summed E-state index contributed by atoms with van der Waals surface area (Å²) in [6.07, 6.45) is 16.2. The molecule has 0 saturated heterocycles. The van der Waals surface area contributed by atoms with Gasteiger partial charge in [-0.25, -0.2) is 0 Å². The summed E-state index contributed by atoms with van der Waals surface area (Å²) in [5.41, 5.74) is 1.33. The number of rotatable bonds is 7. The van der Waals surface area contributed by atoms with E-state index >= 15 is 0 Å². The van der Waals surface area contributed by atoms with Gasteiger partial charge in [-0.1, -0.05) is 79.7 Å². The Kier molecular flexibility index (Phi) is 7.85. The molecular weight excluding hydrogens is 496 g/mol. The molecule has 0 aliphatic heterocycles. The molecule has 3 fully saturated rings. The predicted octanol–water partition coefficient (Wildman–Crippen LogP) is 6.77. The van der Waals surface area contributed by atoms with Gasteiger partial charge in [0.05, 0.1) is 12.7 Å². The highest BCUT2D eigenvalue weighted by atomic mass is 16.4. The van der Waals surface area contributed by atoms with Gasteiger partial charge in [-0.15, -0.1) is 0 Å². The first kappa shape index (κ1) is 30.8. The fraction of sp³-hybridized carbons (Fsp3) is 0.889. The maximum Gasteiger partial charge on any atom is 0.108 e. The van der Waals surface area contributed by atoms with E-state index in [1.807, 2.05) is 0 Å². The highest BCUT2D eigenvalue weighted by Crippen LogP contribution is 2.75. The van der Waals surface area contributed by atoms with Crippen molar-refractivity contribution in [2.24, 2.45) is 68.5 Å². The quantitative estimate of drug-likeness (QED) is 0.261. The van der Waals surface area contributed by atoms with Gasteiger partial charge >= 0.3 is 0 Å². The molecule has 4 N–H and O–H groups in total. The second kappa shape index (κ2) is 10.2. The molecule has 14 unspecified atom stereocenters. The lowest BCUT2D eigenvalue weighted by Gasteiger charge is -2.69. The van der Waals surface area contributed by atoms with Crippen molar-refractivity contribution in [2.75, 3.05) is 6.61 Å². The minimum Gasteiger partial charge on any atom is -0.394 e. The molecule has 4 nitrogen and oxygen atoms in total. The molecular formula is C36H60O4. The van der Waals surface area contributed by atoms with Crippen LogP contribution < -0.4 is 0 Å². The largest absolute Gasteiger partial charge is 0.394 e. The summed E-state index contributed by atoms with van der Waals surface area (Å²) in [7, 11) is 0. The van der Waals surface area contributed by atoms with Crippen molar-refractivity contribution in [1.29, 1.82) is 0 Å². The lowest BCUT2D eigenvalue weighted by molar-refractivity contribution is -0.155. The summed E-state index contributed by atoms with van der Waals surface area (Å²) in [6.45, 7) is 19.8. The summed E-state index contributed by atoms with van der Waals surface area (Å²) >= 11 is 0. The van der Waals surface area contributed by atoms with E-state index in [1.54, 1.807) is 0 Å². The van der Waals surface area contributed by atoms with Crippen LogP contribution in [0.25, 0.3) is 0 Å². The summed E-state index contributed by atoms with van der Waals surface area (Å²) in [6, 6.07) is 0. The van der Waals surface area contributed by atoms with Gasteiger partial charge in [-0.3, -0.25) is 0 Å². The van der Waals surface area contributed by atoms with Crippen LogP contribution in [0, 0.1) is 68.5 Å². The summed E-state index contributed by atoms with van der Waals surface area (Å²) < 4.78 is 0. The summed E-state index contributed by atoms with van der Waals surface area (Å²) in [4.78, 5) is 0. The number of aliphatic hydroxyl groups excluding tert-OH is 4. The first-order valence-corrected chi connectivity index (χ1v) is 16.6. The Morgan fingerprint density at radius 2 is 1.40 bits per heavy atom. The van der Waals surface area contributed by atoms with E-state index in [0.717, 1.165) is 12.3 Å². The van der Waals surface area contributed by atoms with Gasteiger partial charge in [0.25, 0.3) is 0 Å². The molecule has 0 radical (unpaired) electrons. The van der Waals surface area contributed by atoms with Crippen LogP contribution >= 0.6 is 0 Å². The van der Waals surface area contributed by atoms with E-state index in [9.17, 15) is 15.3 Å². The van der Waals surface area contributed by atoms with Crippen LogP contribution in [0.3, 0.4) is 0 Å². The number of aliphatic hydroxyl groups is 4. The van der Waals surface area contributed by atoms with Gasteiger partial charge in [-0.2, -0.15) is 0 Å². The third kappa shape index (κ3) is 4.20. The van der Waals surface area contributed by atoms with Gasteiger partial charge in [0.1, 0.15) is 12.2 Å². The van der Waals surface area contributed by atoms with Crippen LogP contribution in [-0.2, 0) is 0 Å². The molecule has 40 heavy (non-hydrogen) atoms. The molecule has 0 heterocycles. The topological polar surface area (TPSA) is 80.9 Å². The van der Waals surface area contributed by atoms with Crippen LogP contribution in [0.15, 0.2) is 24.3 Å². The molecule has 0 aromatic rings. The zero-order valence-corrected chi connectivity index (χ0v) is 26.7. The van der Waals surface area contributed by atoms with Crippen molar-refractivity contribution in [2.45, 2.75) is 125 Å². The van der Waals surface area contributed by atoms with E-state index in [4.69, 9.17) is 5.11 Å². The Bertz CT molecular complexity index is 1000. The van der Waals surface area contributed by atoms with Gasteiger partial charge < -0.3 is 20.4 Å². The Balaban J connectivity index is 1.38. The van der Waals surface area contributed by atoms with Gasteiger partial charge in [0.15, 0.2) is 0 Å². The summed E-state index contributed by atoms with van der Waals surface area (Å²) in [5, 5.41) is 39.4. The first-order valence-electron chi connectivity index (χ1n) is 16.6. The molecule has 228 valence electrons.